The molecule has 1 unspecified atom stereocenters. The maximum absolute atomic E-state index is 13.6. The SMILES string of the molecule is CCn1nccc1C(=O)N[C@@H](C(=O)Nc1ccc(-c2c(C(F)(F)F)cc[n+]([O-])c2C)cc1)C1C[C@@H]2C[C@@H]2C1. The minimum absolute atomic E-state index is 0.00576. The van der Waals surface area contributed by atoms with Crippen molar-refractivity contribution in [3.05, 3.63) is 71.0 Å². The van der Waals surface area contributed by atoms with Crippen LogP contribution in [0.25, 0.3) is 11.1 Å². The molecular formula is C27H28F3N5O3. The lowest BCUT2D eigenvalue weighted by Crippen LogP contribution is -2.48. The molecule has 2 saturated carbocycles. The lowest BCUT2D eigenvalue weighted by atomic mass is 9.93. The summed E-state index contributed by atoms with van der Waals surface area (Å²) in [5, 5.41) is 21.8. The molecule has 8 nitrogen and oxygen atoms in total. The lowest BCUT2D eigenvalue weighted by molar-refractivity contribution is -0.611. The summed E-state index contributed by atoms with van der Waals surface area (Å²) in [5.74, 6) is 0.408. The van der Waals surface area contributed by atoms with Crippen LogP contribution in [0.5, 0.6) is 0 Å². The van der Waals surface area contributed by atoms with E-state index in [1.807, 2.05) is 6.92 Å². The molecule has 2 aromatic heterocycles. The van der Waals surface area contributed by atoms with Crippen molar-refractivity contribution in [3.63, 3.8) is 0 Å². The van der Waals surface area contributed by atoms with Gasteiger partial charge in [0.05, 0.1) is 11.1 Å². The van der Waals surface area contributed by atoms with Gasteiger partial charge in [0.1, 0.15) is 11.7 Å². The molecule has 200 valence electrons. The number of aromatic nitrogens is 3. The van der Waals surface area contributed by atoms with Gasteiger partial charge in [0.25, 0.3) is 5.91 Å². The molecule has 11 heteroatoms. The molecule has 4 atom stereocenters. The van der Waals surface area contributed by atoms with Gasteiger partial charge < -0.3 is 15.8 Å². The Morgan fingerprint density at radius 2 is 1.82 bits per heavy atom. The molecule has 2 amide bonds. The Morgan fingerprint density at radius 3 is 2.45 bits per heavy atom. The fourth-order valence-electron chi connectivity index (χ4n) is 5.61. The summed E-state index contributed by atoms with van der Waals surface area (Å²) in [6, 6.07) is 7.46. The quantitative estimate of drug-likeness (QED) is 0.353. The second-order valence-corrected chi connectivity index (χ2v) is 10.1. The molecule has 0 radical (unpaired) electrons. The van der Waals surface area contributed by atoms with Gasteiger partial charge >= 0.3 is 6.18 Å². The van der Waals surface area contributed by atoms with E-state index < -0.39 is 17.8 Å². The topological polar surface area (TPSA) is 103 Å². The normalized spacial score (nSPS) is 21.0. The minimum Gasteiger partial charge on any atom is -0.618 e. The Hall–Kier alpha value is -3.89. The zero-order valence-electron chi connectivity index (χ0n) is 21.0. The Morgan fingerprint density at radius 1 is 1.13 bits per heavy atom. The molecule has 0 spiro atoms. The number of amides is 2. The zero-order valence-corrected chi connectivity index (χ0v) is 21.0. The monoisotopic (exact) mass is 527 g/mol. The van der Waals surface area contributed by atoms with Crippen molar-refractivity contribution in [2.45, 2.75) is 51.9 Å². The summed E-state index contributed by atoms with van der Waals surface area (Å²) in [7, 11) is 0. The summed E-state index contributed by atoms with van der Waals surface area (Å²) in [6.45, 7) is 3.71. The number of nitrogens with one attached hydrogen (secondary N) is 2. The third-order valence-electron chi connectivity index (χ3n) is 7.65. The number of carbonyl (C=O) groups excluding carboxylic acids is 2. The van der Waals surface area contributed by atoms with Gasteiger partial charge in [-0.2, -0.15) is 23.0 Å². The predicted octanol–water partition coefficient (Wildman–Crippen LogP) is 4.31. The van der Waals surface area contributed by atoms with E-state index in [0.29, 0.717) is 34.5 Å². The maximum Gasteiger partial charge on any atom is 0.417 e. The highest BCUT2D eigenvalue weighted by atomic mass is 19.4. The smallest absolute Gasteiger partial charge is 0.417 e. The summed E-state index contributed by atoms with van der Waals surface area (Å²) in [6.07, 6.45) is 0.611. The largest absolute Gasteiger partial charge is 0.618 e. The van der Waals surface area contributed by atoms with Crippen LogP contribution in [-0.2, 0) is 17.5 Å². The number of carbonyl (C=O) groups is 2. The first-order valence-electron chi connectivity index (χ1n) is 12.6. The first-order valence-corrected chi connectivity index (χ1v) is 12.6. The Bertz CT molecular complexity index is 1360. The number of nitrogens with zero attached hydrogens (tertiary/aromatic N) is 3. The molecule has 2 heterocycles. The number of hydrogen-bond donors (Lipinski definition) is 2. The van der Waals surface area contributed by atoms with Crippen molar-refractivity contribution < 1.29 is 27.5 Å². The standard InChI is InChI=1S/C27H28F3N5O3/c1-3-34-22(8-10-31-34)25(36)33-24(19-13-17-12-18(17)14-19)26(37)32-20-6-4-16(5-7-20)23-15(2)35(38)11-9-21(23)27(28,29)30/h4-11,17-19,24H,3,12-14H2,1-2H3,(H,32,37)(H,33,36)/t17-,18+,19?,24-/m1/s1. The number of pyridine rings is 1. The average Bonchev–Trinajstić information content (AvgIpc) is 3.26. The van der Waals surface area contributed by atoms with Crippen molar-refractivity contribution in [2.75, 3.05) is 5.32 Å². The van der Waals surface area contributed by atoms with Crippen molar-refractivity contribution in [2.24, 2.45) is 17.8 Å². The van der Waals surface area contributed by atoms with E-state index in [4.69, 9.17) is 0 Å². The number of hydrogen-bond acceptors (Lipinski definition) is 4. The van der Waals surface area contributed by atoms with Crippen LogP contribution in [0.2, 0.25) is 0 Å². The van der Waals surface area contributed by atoms with Crippen molar-refractivity contribution in [1.82, 2.24) is 15.1 Å². The van der Waals surface area contributed by atoms with Gasteiger partial charge in [0.2, 0.25) is 5.91 Å². The number of fused-ring (bicyclic) bond motifs is 1. The van der Waals surface area contributed by atoms with E-state index in [9.17, 15) is 28.0 Å². The molecule has 38 heavy (non-hydrogen) atoms. The highest BCUT2D eigenvalue weighted by molar-refractivity contribution is 6.00. The molecule has 3 aromatic rings. The van der Waals surface area contributed by atoms with E-state index in [0.717, 1.165) is 31.5 Å². The fraction of sp³-hybridized carbons (Fsp3) is 0.407. The third kappa shape index (κ3) is 4.97. The van der Waals surface area contributed by atoms with Crippen LogP contribution >= 0.6 is 0 Å². The second kappa shape index (κ2) is 9.77. The minimum atomic E-state index is -4.64. The van der Waals surface area contributed by atoms with Crippen LogP contribution in [0.15, 0.2) is 48.8 Å². The Labute approximate surface area is 217 Å². The van der Waals surface area contributed by atoms with Gasteiger partial charge in [0.15, 0.2) is 11.9 Å². The van der Waals surface area contributed by atoms with Gasteiger partial charge in [-0.05, 0) is 67.7 Å². The van der Waals surface area contributed by atoms with E-state index in [2.05, 4.69) is 15.7 Å². The Balaban J connectivity index is 1.36. The van der Waals surface area contributed by atoms with Gasteiger partial charge in [-0.3, -0.25) is 14.3 Å². The van der Waals surface area contributed by atoms with Crippen LogP contribution < -0.4 is 15.4 Å². The number of anilines is 1. The second-order valence-electron chi connectivity index (χ2n) is 10.1. The predicted molar refractivity (Wildman–Crippen MR) is 133 cm³/mol. The lowest BCUT2D eigenvalue weighted by Gasteiger charge is -2.25. The highest BCUT2D eigenvalue weighted by Gasteiger charge is 2.49. The van der Waals surface area contributed by atoms with E-state index in [1.165, 1.54) is 37.4 Å². The van der Waals surface area contributed by atoms with Crippen LogP contribution in [0.4, 0.5) is 18.9 Å². The van der Waals surface area contributed by atoms with Crippen molar-refractivity contribution >= 4 is 17.5 Å². The molecule has 5 rings (SSSR count). The molecule has 2 aliphatic carbocycles. The van der Waals surface area contributed by atoms with Crippen LogP contribution in [0.1, 0.15) is 47.9 Å². The number of alkyl halides is 3. The van der Waals surface area contributed by atoms with Gasteiger partial charge in [0, 0.05) is 31.4 Å². The summed E-state index contributed by atoms with van der Waals surface area (Å²) >= 11 is 0. The highest BCUT2D eigenvalue weighted by Crippen LogP contribution is 2.55. The molecule has 0 bridgehead atoms. The van der Waals surface area contributed by atoms with Gasteiger partial charge in [-0.1, -0.05) is 12.1 Å². The maximum atomic E-state index is 13.6. The van der Waals surface area contributed by atoms with Gasteiger partial charge in [-0.25, -0.2) is 0 Å². The van der Waals surface area contributed by atoms with E-state index >= 15 is 0 Å². The number of aryl methyl sites for hydroxylation is 1. The average molecular weight is 528 g/mol. The third-order valence-corrected chi connectivity index (χ3v) is 7.65. The van der Waals surface area contributed by atoms with E-state index in [1.54, 1.807) is 10.7 Å². The summed E-state index contributed by atoms with van der Waals surface area (Å²) in [5.41, 5.74) is -0.260. The number of halogens is 3. The summed E-state index contributed by atoms with van der Waals surface area (Å²) in [4.78, 5) is 26.4. The Kier molecular flexibility index (Phi) is 6.62. The molecule has 0 aliphatic heterocycles. The molecule has 0 saturated heterocycles. The molecule has 1 aromatic carbocycles. The van der Waals surface area contributed by atoms with Gasteiger partial charge in [-0.15, -0.1) is 0 Å². The van der Waals surface area contributed by atoms with Crippen LogP contribution in [0, 0.1) is 29.9 Å². The number of benzene rings is 1. The van der Waals surface area contributed by atoms with Crippen molar-refractivity contribution in [1.29, 1.82) is 0 Å². The van der Waals surface area contributed by atoms with Crippen LogP contribution in [-0.4, -0.2) is 27.6 Å². The fourth-order valence-corrected chi connectivity index (χ4v) is 5.61. The molecule has 2 fully saturated rings. The van der Waals surface area contributed by atoms with E-state index in [-0.39, 0.29) is 34.6 Å². The van der Waals surface area contributed by atoms with Crippen LogP contribution in [0.3, 0.4) is 0 Å². The molecule has 2 N–H and O–H groups in total. The molecule has 2 aliphatic rings. The summed E-state index contributed by atoms with van der Waals surface area (Å²) < 4.78 is 42.8. The van der Waals surface area contributed by atoms with Crippen molar-refractivity contribution in [3.8, 4) is 11.1 Å². The first kappa shape index (κ1) is 25.7. The first-order chi connectivity index (χ1) is 18.1. The zero-order chi connectivity index (χ0) is 27.2. The number of rotatable bonds is 7. The molecular weight excluding hydrogens is 499 g/mol.